The van der Waals surface area contributed by atoms with Crippen LogP contribution in [0.2, 0.25) is 5.02 Å². The van der Waals surface area contributed by atoms with Crippen LogP contribution in [0.1, 0.15) is 23.3 Å². The van der Waals surface area contributed by atoms with E-state index in [1.165, 1.54) is 22.7 Å². The van der Waals surface area contributed by atoms with Crippen LogP contribution in [0, 0.1) is 5.82 Å². The van der Waals surface area contributed by atoms with E-state index in [1.807, 2.05) is 12.1 Å². The number of aryl methyl sites for hydroxylation is 2. The second kappa shape index (κ2) is 9.25. The monoisotopic (exact) mass is 486 g/mol. The van der Waals surface area contributed by atoms with Crippen molar-refractivity contribution in [3.8, 4) is 11.4 Å². The predicted octanol–water partition coefficient (Wildman–Crippen LogP) is 6.29. The minimum Gasteiger partial charge on any atom is -0.490 e. The van der Waals surface area contributed by atoms with E-state index in [0.29, 0.717) is 22.5 Å². The Morgan fingerprint density at radius 1 is 1.12 bits per heavy atom. The summed E-state index contributed by atoms with van der Waals surface area (Å²) < 4.78 is 21.0. The molecule has 4 aromatic rings. The van der Waals surface area contributed by atoms with Gasteiger partial charge in [-0.05, 0) is 67.6 Å². The maximum Gasteiger partial charge on any atom is 0.267 e. The Labute approximate surface area is 198 Å². The molecule has 0 N–H and O–H groups in total. The van der Waals surface area contributed by atoms with Gasteiger partial charge in [-0.2, -0.15) is 0 Å². The van der Waals surface area contributed by atoms with Gasteiger partial charge < -0.3 is 4.74 Å². The molecule has 2 aromatic heterocycles. The molecule has 164 valence electrons. The lowest BCUT2D eigenvalue weighted by atomic mass is 9.97. The van der Waals surface area contributed by atoms with E-state index in [2.05, 4.69) is 0 Å². The Morgan fingerprint density at radius 3 is 2.72 bits per heavy atom. The number of ether oxygens (including phenoxy) is 1. The standard InChI is InChI=1S/C24H20ClFN2O2S2/c25-15-9-11-16(12-10-15)28-23(29)21-17-5-1-4-8-20(17)32-22(21)27-24(28)31-14-13-30-19-7-3-2-6-18(19)26/h2-3,6-7,9-12H,1,4-5,8,13-14H2. The summed E-state index contributed by atoms with van der Waals surface area (Å²) in [5, 5.41) is 1.95. The average molecular weight is 487 g/mol. The highest BCUT2D eigenvalue weighted by molar-refractivity contribution is 7.99. The van der Waals surface area contributed by atoms with Crippen LogP contribution < -0.4 is 10.3 Å². The molecule has 0 saturated heterocycles. The van der Waals surface area contributed by atoms with E-state index < -0.39 is 0 Å². The second-order valence-corrected chi connectivity index (χ2v) is 10.1. The molecule has 0 atom stereocenters. The quantitative estimate of drug-likeness (QED) is 0.182. The van der Waals surface area contributed by atoms with Crippen LogP contribution in [0.25, 0.3) is 15.9 Å². The molecule has 0 spiro atoms. The average Bonchev–Trinajstić information content (AvgIpc) is 3.17. The van der Waals surface area contributed by atoms with Crippen LogP contribution in [-0.2, 0) is 12.8 Å². The summed E-state index contributed by atoms with van der Waals surface area (Å²) in [6.07, 6.45) is 4.19. The third-order valence-corrected chi connectivity index (χ3v) is 7.79. The molecule has 0 fully saturated rings. The summed E-state index contributed by atoms with van der Waals surface area (Å²) in [5.41, 5.74) is 1.84. The zero-order valence-corrected chi connectivity index (χ0v) is 19.5. The normalized spacial score (nSPS) is 13.3. The van der Waals surface area contributed by atoms with E-state index in [4.69, 9.17) is 21.3 Å². The van der Waals surface area contributed by atoms with Gasteiger partial charge in [-0.25, -0.2) is 9.37 Å². The number of benzene rings is 2. The zero-order chi connectivity index (χ0) is 22.1. The fourth-order valence-corrected chi connectivity index (χ4v) is 6.21. The number of hydrogen-bond acceptors (Lipinski definition) is 5. The van der Waals surface area contributed by atoms with Crippen molar-refractivity contribution in [3.63, 3.8) is 0 Å². The smallest absolute Gasteiger partial charge is 0.267 e. The highest BCUT2D eigenvalue weighted by Gasteiger charge is 2.23. The zero-order valence-electron chi connectivity index (χ0n) is 17.1. The van der Waals surface area contributed by atoms with Gasteiger partial charge in [-0.1, -0.05) is 35.5 Å². The Kier molecular flexibility index (Phi) is 6.22. The predicted molar refractivity (Wildman–Crippen MR) is 129 cm³/mol. The molecule has 0 aliphatic heterocycles. The highest BCUT2D eigenvalue weighted by Crippen LogP contribution is 2.35. The van der Waals surface area contributed by atoms with Crippen LogP contribution in [0.3, 0.4) is 0 Å². The maximum absolute atomic E-state index is 13.8. The van der Waals surface area contributed by atoms with Gasteiger partial charge in [0.15, 0.2) is 16.7 Å². The Hall–Kier alpha value is -2.35. The number of halogens is 2. The molecule has 1 aliphatic carbocycles. The number of rotatable bonds is 6. The third kappa shape index (κ3) is 4.17. The molecular formula is C24H20ClFN2O2S2. The van der Waals surface area contributed by atoms with E-state index in [9.17, 15) is 9.18 Å². The van der Waals surface area contributed by atoms with Crippen molar-refractivity contribution >= 4 is 44.9 Å². The minimum atomic E-state index is -0.390. The maximum atomic E-state index is 13.8. The van der Waals surface area contributed by atoms with Gasteiger partial charge in [0, 0.05) is 15.7 Å². The number of para-hydroxylation sites is 1. The first-order chi connectivity index (χ1) is 15.6. The molecule has 2 aromatic carbocycles. The first-order valence-corrected chi connectivity index (χ1v) is 12.6. The lowest BCUT2D eigenvalue weighted by Gasteiger charge is -2.14. The molecule has 5 rings (SSSR count). The van der Waals surface area contributed by atoms with Crippen molar-refractivity contribution in [2.75, 3.05) is 12.4 Å². The fraction of sp³-hybridized carbons (Fsp3) is 0.250. The first kappa shape index (κ1) is 21.5. The lowest BCUT2D eigenvalue weighted by Crippen LogP contribution is -2.22. The summed E-state index contributed by atoms with van der Waals surface area (Å²) in [7, 11) is 0. The van der Waals surface area contributed by atoms with Crippen molar-refractivity contribution in [2.24, 2.45) is 0 Å². The molecule has 0 saturated carbocycles. The molecular weight excluding hydrogens is 467 g/mol. The molecule has 1 aliphatic rings. The molecule has 8 heteroatoms. The second-order valence-electron chi connectivity index (χ2n) is 7.53. The Balaban J connectivity index is 1.50. The van der Waals surface area contributed by atoms with Crippen LogP contribution in [-0.4, -0.2) is 21.9 Å². The Morgan fingerprint density at radius 2 is 1.91 bits per heavy atom. The molecule has 0 unspecified atom stereocenters. The SMILES string of the molecule is O=c1c2c3c(sc2nc(SCCOc2ccccc2F)n1-c1ccc(Cl)cc1)CCCC3. The fourth-order valence-electron chi connectivity index (χ4n) is 3.95. The summed E-state index contributed by atoms with van der Waals surface area (Å²) in [6.45, 7) is 0.293. The molecule has 0 amide bonds. The van der Waals surface area contributed by atoms with Crippen LogP contribution in [0.5, 0.6) is 5.75 Å². The number of nitrogens with zero attached hydrogens (tertiary/aromatic N) is 2. The number of hydrogen-bond donors (Lipinski definition) is 0. The van der Waals surface area contributed by atoms with Crippen molar-refractivity contribution in [2.45, 2.75) is 30.8 Å². The topological polar surface area (TPSA) is 44.1 Å². The lowest BCUT2D eigenvalue weighted by molar-refractivity contribution is 0.325. The van der Waals surface area contributed by atoms with Crippen molar-refractivity contribution in [1.29, 1.82) is 0 Å². The van der Waals surface area contributed by atoms with Gasteiger partial charge >= 0.3 is 0 Å². The minimum absolute atomic E-state index is 0.0470. The molecule has 32 heavy (non-hydrogen) atoms. The summed E-state index contributed by atoms with van der Waals surface area (Å²) in [4.78, 5) is 20.6. The van der Waals surface area contributed by atoms with Crippen molar-refractivity contribution in [1.82, 2.24) is 9.55 Å². The van der Waals surface area contributed by atoms with Gasteiger partial charge in [-0.3, -0.25) is 9.36 Å². The highest BCUT2D eigenvalue weighted by atomic mass is 35.5. The first-order valence-electron chi connectivity index (χ1n) is 10.4. The Bertz CT molecular complexity index is 1330. The number of thioether (sulfide) groups is 1. The molecule has 2 heterocycles. The molecule has 4 nitrogen and oxygen atoms in total. The van der Waals surface area contributed by atoms with E-state index in [0.717, 1.165) is 47.2 Å². The molecule has 0 radical (unpaired) electrons. The van der Waals surface area contributed by atoms with Crippen molar-refractivity contribution in [3.05, 3.63) is 80.2 Å². The largest absolute Gasteiger partial charge is 0.490 e. The summed E-state index contributed by atoms with van der Waals surface area (Å²) in [6, 6.07) is 13.5. The van der Waals surface area contributed by atoms with Gasteiger partial charge in [0.05, 0.1) is 17.7 Å². The van der Waals surface area contributed by atoms with Crippen molar-refractivity contribution < 1.29 is 9.13 Å². The van der Waals surface area contributed by atoms with Crippen LogP contribution in [0.4, 0.5) is 4.39 Å². The number of fused-ring (bicyclic) bond motifs is 3. The van der Waals surface area contributed by atoms with E-state index in [1.54, 1.807) is 46.2 Å². The van der Waals surface area contributed by atoms with E-state index >= 15 is 0 Å². The summed E-state index contributed by atoms with van der Waals surface area (Å²) in [5.74, 6) is 0.349. The van der Waals surface area contributed by atoms with E-state index in [-0.39, 0.29) is 17.1 Å². The van der Waals surface area contributed by atoms with Gasteiger partial charge in [0.25, 0.3) is 5.56 Å². The summed E-state index contributed by atoms with van der Waals surface area (Å²) >= 11 is 9.13. The van der Waals surface area contributed by atoms with Crippen LogP contribution >= 0.6 is 34.7 Å². The van der Waals surface area contributed by atoms with Crippen LogP contribution in [0.15, 0.2) is 58.5 Å². The third-order valence-electron chi connectivity index (χ3n) is 5.45. The van der Waals surface area contributed by atoms with Gasteiger partial charge in [-0.15, -0.1) is 11.3 Å². The number of aromatic nitrogens is 2. The molecule has 0 bridgehead atoms. The van der Waals surface area contributed by atoms with Gasteiger partial charge in [0.1, 0.15) is 4.83 Å². The van der Waals surface area contributed by atoms with Gasteiger partial charge in [0.2, 0.25) is 0 Å². The number of thiophene rings is 1.